The number of urea groups is 1. The van der Waals surface area contributed by atoms with E-state index in [4.69, 9.17) is 9.84 Å². The molecule has 1 fully saturated rings. The monoisotopic (exact) mass is 373 g/mol. The highest BCUT2D eigenvalue weighted by Crippen LogP contribution is 2.24. The molecule has 3 rings (SSSR count). The van der Waals surface area contributed by atoms with Gasteiger partial charge in [0.1, 0.15) is 12.4 Å². The van der Waals surface area contributed by atoms with Crippen molar-refractivity contribution >= 4 is 12.0 Å². The summed E-state index contributed by atoms with van der Waals surface area (Å²) >= 11 is 0. The zero-order chi connectivity index (χ0) is 19.1. The van der Waals surface area contributed by atoms with E-state index in [0.717, 1.165) is 5.75 Å². The lowest BCUT2D eigenvalue weighted by atomic mass is 9.86. The fourth-order valence-corrected chi connectivity index (χ4v) is 3.03. The maximum Gasteiger partial charge on any atom is 0.315 e. The molecule has 0 bridgehead atoms. The molecule has 1 heterocycles. The number of benzene rings is 1. The molecular weight excluding hydrogens is 350 g/mol. The number of nitrogens with one attached hydrogen (secondary N) is 3. The van der Waals surface area contributed by atoms with Crippen LogP contribution in [0.5, 0.6) is 5.75 Å². The van der Waals surface area contributed by atoms with Gasteiger partial charge in [0.15, 0.2) is 11.6 Å². The summed E-state index contributed by atoms with van der Waals surface area (Å²) in [7, 11) is 0. The highest BCUT2D eigenvalue weighted by atomic mass is 16.5. The fraction of sp³-hybridized carbons (Fsp3) is 0.444. The van der Waals surface area contributed by atoms with Crippen molar-refractivity contribution in [1.82, 2.24) is 25.8 Å². The minimum absolute atomic E-state index is 0.00239. The summed E-state index contributed by atoms with van der Waals surface area (Å²) in [5, 5.41) is 21.4. The van der Waals surface area contributed by atoms with Gasteiger partial charge in [-0.05, 0) is 37.8 Å². The molecule has 1 aromatic carbocycles. The Bertz CT molecular complexity index is 756. The summed E-state index contributed by atoms with van der Waals surface area (Å²) in [6.07, 6.45) is 2.52. The molecule has 0 radical (unpaired) electrons. The minimum atomic E-state index is -0.755. The van der Waals surface area contributed by atoms with Gasteiger partial charge in [0.05, 0.1) is 12.5 Å². The number of rotatable bonds is 7. The summed E-state index contributed by atoms with van der Waals surface area (Å²) in [4.78, 5) is 27.2. The maximum absolute atomic E-state index is 12.0. The van der Waals surface area contributed by atoms with Gasteiger partial charge in [-0.15, -0.1) is 0 Å². The average molecular weight is 373 g/mol. The van der Waals surface area contributed by atoms with Crippen molar-refractivity contribution in [2.45, 2.75) is 44.9 Å². The second-order valence-corrected chi connectivity index (χ2v) is 6.51. The van der Waals surface area contributed by atoms with Crippen LogP contribution in [0.1, 0.15) is 37.3 Å². The van der Waals surface area contributed by atoms with Crippen LogP contribution in [0.25, 0.3) is 0 Å². The Hall–Kier alpha value is -3.10. The Kier molecular flexibility index (Phi) is 6.24. The Balaban J connectivity index is 1.37. The quantitative estimate of drug-likeness (QED) is 0.586. The first-order chi connectivity index (χ1) is 13.1. The van der Waals surface area contributed by atoms with Crippen LogP contribution in [-0.2, 0) is 17.9 Å². The van der Waals surface area contributed by atoms with Crippen LogP contribution in [0.2, 0.25) is 0 Å². The summed E-state index contributed by atoms with van der Waals surface area (Å²) in [5.41, 5.74) is 0. The molecule has 1 aliphatic rings. The van der Waals surface area contributed by atoms with Crippen LogP contribution in [0.3, 0.4) is 0 Å². The predicted octanol–water partition coefficient (Wildman–Crippen LogP) is 1.83. The zero-order valence-electron chi connectivity index (χ0n) is 14.9. The van der Waals surface area contributed by atoms with Crippen LogP contribution in [0.4, 0.5) is 4.79 Å². The van der Waals surface area contributed by atoms with Crippen LogP contribution >= 0.6 is 0 Å². The molecule has 144 valence electrons. The molecule has 0 unspecified atom stereocenters. The lowest BCUT2D eigenvalue weighted by molar-refractivity contribution is -0.142. The predicted molar refractivity (Wildman–Crippen MR) is 95.9 cm³/mol. The molecule has 0 spiro atoms. The van der Waals surface area contributed by atoms with Gasteiger partial charge in [-0.1, -0.05) is 18.2 Å². The highest BCUT2D eigenvalue weighted by molar-refractivity contribution is 5.74. The number of carboxylic acid groups (broad SMARTS) is 1. The number of carboxylic acids is 1. The van der Waals surface area contributed by atoms with Gasteiger partial charge < -0.3 is 20.5 Å². The fourth-order valence-electron chi connectivity index (χ4n) is 3.03. The molecule has 0 saturated heterocycles. The SMILES string of the molecule is O=C(NCc1n[nH]c(COc2ccccc2)n1)NC1CCC(C(=O)O)CC1. The molecule has 1 aliphatic carbocycles. The van der Waals surface area contributed by atoms with E-state index in [2.05, 4.69) is 25.8 Å². The van der Waals surface area contributed by atoms with E-state index in [1.54, 1.807) is 0 Å². The Morgan fingerprint density at radius 2 is 1.93 bits per heavy atom. The van der Waals surface area contributed by atoms with Gasteiger partial charge in [-0.3, -0.25) is 9.89 Å². The third-order valence-electron chi connectivity index (χ3n) is 4.52. The molecule has 27 heavy (non-hydrogen) atoms. The second kappa shape index (κ2) is 9.02. The van der Waals surface area contributed by atoms with Crippen molar-refractivity contribution in [3.05, 3.63) is 42.0 Å². The number of carbonyl (C=O) groups excluding carboxylic acids is 1. The highest BCUT2D eigenvalue weighted by Gasteiger charge is 2.26. The topological polar surface area (TPSA) is 129 Å². The molecule has 0 atom stereocenters. The van der Waals surface area contributed by atoms with Crippen molar-refractivity contribution < 1.29 is 19.4 Å². The molecule has 2 aromatic rings. The number of ether oxygens (including phenoxy) is 1. The van der Waals surface area contributed by atoms with E-state index < -0.39 is 5.97 Å². The molecule has 1 saturated carbocycles. The second-order valence-electron chi connectivity index (χ2n) is 6.51. The molecule has 2 amide bonds. The smallest absolute Gasteiger partial charge is 0.315 e. The Morgan fingerprint density at radius 1 is 1.19 bits per heavy atom. The number of para-hydroxylation sites is 1. The molecule has 9 heteroatoms. The number of aromatic nitrogens is 3. The zero-order valence-corrected chi connectivity index (χ0v) is 14.9. The van der Waals surface area contributed by atoms with Crippen LogP contribution in [0, 0.1) is 5.92 Å². The molecule has 4 N–H and O–H groups in total. The van der Waals surface area contributed by atoms with Crippen molar-refractivity contribution in [3.63, 3.8) is 0 Å². The molecule has 1 aromatic heterocycles. The van der Waals surface area contributed by atoms with E-state index in [9.17, 15) is 9.59 Å². The van der Waals surface area contributed by atoms with Crippen molar-refractivity contribution in [2.75, 3.05) is 0 Å². The van der Waals surface area contributed by atoms with Gasteiger partial charge in [0.25, 0.3) is 0 Å². The summed E-state index contributed by atoms with van der Waals surface area (Å²) in [6.45, 7) is 0.453. The van der Waals surface area contributed by atoms with Gasteiger partial charge in [-0.2, -0.15) is 5.10 Å². The Morgan fingerprint density at radius 3 is 2.63 bits per heavy atom. The van der Waals surface area contributed by atoms with Crippen molar-refractivity contribution in [3.8, 4) is 5.75 Å². The van der Waals surface area contributed by atoms with Gasteiger partial charge in [-0.25, -0.2) is 9.78 Å². The molecular formula is C18H23N5O4. The number of hydrogen-bond donors (Lipinski definition) is 4. The van der Waals surface area contributed by atoms with Crippen LogP contribution in [-0.4, -0.2) is 38.3 Å². The lowest BCUT2D eigenvalue weighted by Crippen LogP contribution is -2.44. The van der Waals surface area contributed by atoms with Gasteiger partial charge in [0, 0.05) is 6.04 Å². The van der Waals surface area contributed by atoms with Crippen molar-refractivity contribution in [2.24, 2.45) is 5.92 Å². The number of amides is 2. The van der Waals surface area contributed by atoms with Crippen LogP contribution in [0.15, 0.2) is 30.3 Å². The Labute approximate surface area is 156 Å². The van der Waals surface area contributed by atoms with E-state index in [1.807, 2.05) is 30.3 Å². The first kappa shape index (κ1) is 18.7. The standard InChI is InChI=1S/C18H23N5O4/c24-17(25)12-6-8-13(9-7-12)20-18(26)19-10-15-21-16(23-22-15)11-27-14-4-2-1-3-5-14/h1-5,12-13H,6-11H2,(H,24,25)(H2,19,20,26)(H,21,22,23). The maximum atomic E-state index is 12.0. The first-order valence-electron chi connectivity index (χ1n) is 8.95. The minimum Gasteiger partial charge on any atom is -0.486 e. The average Bonchev–Trinajstić information content (AvgIpc) is 3.14. The third-order valence-corrected chi connectivity index (χ3v) is 4.52. The largest absolute Gasteiger partial charge is 0.486 e. The lowest BCUT2D eigenvalue weighted by Gasteiger charge is -2.26. The van der Waals surface area contributed by atoms with E-state index in [0.29, 0.717) is 37.3 Å². The summed E-state index contributed by atoms with van der Waals surface area (Å²) < 4.78 is 5.58. The first-order valence-corrected chi connectivity index (χ1v) is 8.95. The van der Waals surface area contributed by atoms with E-state index in [1.165, 1.54) is 0 Å². The van der Waals surface area contributed by atoms with Crippen molar-refractivity contribution in [1.29, 1.82) is 0 Å². The molecule has 9 nitrogen and oxygen atoms in total. The number of nitrogens with zero attached hydrogens (tertiary/aromatic N) is 2. The van der Waals surface area contributed by atoms with Crippen LogP contribution < -0.4 is 15.4 Å². The number of carbonyl (C=O) groups is 2. The number of aromatic amines is 1. The van der Waals surface area contributed by atoms with E-state index >= 15 is 0 Å². The van der Waals surface area contributed by atoms with Gasteiger partial charge >= 0.3 is 12.0 Å². The number of aliphatic carboxylic acids is 1. The molecule has 0 aliphatic heterocycles. The number of H-pyrrole nitrogens is 1. The van der Waals surface area contributed by atoms with E-state index in [-0.39, 0.29) is 31.1 Å². The summed E-state index contributed by atoms with van der Waals surface area (Å²) in [6, 6.07) is 9.09. The number of hydrogen-bond acceptors (Lipinski definition) is 5. The third kappa shape index (κ3) is 5.70. The van der Waals surface area contributed by atoms with Gasteiger partial charge in [0.2, 0.25) is 0 Å². The summed E-state index contributed by atoms with van der Waals surface area (Å²) in [5.74, 6) is 0.727. The normalized spacial score (nSPS) is 19.3.